The van der Waals surface area contributed by atoms with Gasteiger partial charge >= 0.3 is 0 Å². The van der Waals surface area contributed by atoms with Crippen molar-refractivity contribution >= 4 is 29.1 Å². The normalized spacial score (nSPS) is 27.2. The SMILES string of the molecule is C=CCN(CCC)C(=O)[C@H]1[C@H]2C(=O)N(CCCCO)C(C(=O)N(CC=C)c3ccc(N(CC)CC)cc3)C23CC[C@]1(C)O3. The number of hydrogen-bond acceptors (Lipinski definition) is 6. The first-order chi connectivity index (χ1) is 20.7. The van der Waals surface area contributed by atoms with Crippen LogP contribution in [-0.2, 0) is 19.1 Å². The minimum Gasteiger partial charge on any atom is -0.396 e. The fourth-order valence-electron chi connectivity index (χ4n) is 7.66. The van der Waals surface area contributed by atoms with Crippen molar-refractivity contribution in [3.63, 3.8) is 0 Å². The molecule has 3 saturated heterocycles. The Bertz CT molecular complexity index is 1180. The summed E-state index contributed by atoms with van der Waals surface area (Å²) in [6.45, 7) is 19.2. The van der Waals surface area contributed by atoms with Crippen LogP contribution in [0.3, 0.4) is 0 Å². The van der Waals surface area contributed by atoms with Crippen LogP contribution < -0.4 is 9.80 Å². The van der Waals surface area contributed by atoms with E-state index in [-0.39, 0.29) is 30.9 Å². The Morgan fingerprint density at radius 1 is 1.02 bits per heavy atom. The second-order valence-corrected chi connectivity index (χ2v) is 12.2. The number of carbonyl (C=O) groups excluding carboxylic acids is 3. The van der Waals surface area contributed by atoms with E-state index in [4.69, 9.17) is 4.74 Å². The summed E-state index contributed by atoms with van der Waals surface area (Å²) in [5.41, 5.74) is -0.150. The molecule has 5 atom stereocenters. The van der Waals surface area contributed by atoms with Gasteiger partial charge < -0.3 is 29.4 Å². The zero-order chi connectivity index (χ0) is 31.4. The molecular formula is C34H50N4O5. The lowest BCUT2D eigenvalue weighted by atomic mass is 9.66. The number of aliphatic hydroxyl groups excluding tert-OH is 1. The number of likely N-dealkylation sites (tertiary alicyclic amines) is 1. The molecule has 1 aromatic carbocycles. The fraction of sp³-hybridized carbons (Fsp3) is 0.618. The van der Waals surface area contributed by atoms with Gasteiger partial charge in [-0.1, -0.05) is 19.1 Å². The van der Waals surface area contributed by atoms with Crippen LogP contribution in [0.4, 0.5) is 11.4 Å². The van der Waals surface area contributed by atoms with Gasteiger partial charge in [-0.25, -0.2) is 0 Å². The predicted octanol–water partition coefficient (Wildman–Crippen LogP) is 4.01. The van der Waals surface area contributed by atoms with Crippen LogP contribution in [0.25, 0.3) is 0 Å². The number of anilines is 2. The van der Waals surface area contributed by atoms with Gasteiger partial charge in [0.15, 0.2) is 0 Å². The van der Waals surface area contributed by atoms with Gasteiger partial charge in [-0.15, -0.1) is 13.2 Å². The highest BCUT2D eigenvalue weighted by Gasteiger charge is 2.78. The van der Waals surface area contributed by atoms with Crippen LogP contribution in [0.15, 0.2) is 49.6 Å². The summed E-state index contributed by atoms with van der Waals surface area (Å²) in [4.78, 5) is 50.6. The smallest absolute Gasteiger partial charge is 0.253 e. The molecule has 3 heterocycles. The molecule has 2 bridgehead atoms. The van der Waals surface area contributed by atoms with Gasteiger partial charge in [0.05, 0.1) is 17.4 Å². The number of carbonyl (C=O) groups is 3. The molecule has 1 aromatic rings. The third-order valence-corrected chi connectivity index (χ3v) is 9.61. The minimum atomic E-state index is -1.10. The van der Waals surface area contributed by atoms with Crippen molar-refractivity contribution < 1.29 is 24.2 Å². The van der Waals surface area contributed by atoms with Crippen LogP contribution in [0.5, 0.6) is 0 Å². The summed E-state index contributed by atoms with van der Waals surface area (Å²) >= 11 is 0. The van der Waals surface area contributed by atoms with Crippen molar-refractivity contribution in [1.82, 2.24) is 9.80 Å². The van der Waals surface area contributed by atoms with Gasteiger partial charge in [0.1, 0.15) is 11.6 Å². The molecule has 3 aliphatic rings. The lowest BCUT2D eigenvalue weighted by molar-refractivity contribution is -0.149. The Morgan fingerprint density at radius 3 is 2.26 bits per heavy atom. The number of unbranched alkanes of at least 4 members (excludes halogenated alkanes) is 1. The zero-order valence-electron chi connectivity index (χ0n) is 26.5. The van der Waals surface area contributed by atoms with E-state index in [2.05, 4.69) is 31.9 Å². The Kier molecular flexibility index (Phi) is 10.4. The van der Waals surface area contributed by atoms with E-state index in [0.717, 1.165) is 30.9 Å². The van der Waals surface area contributed by atoms with Crippen molar-refractivity contribution in [2.45, 2.75) is 77.0 Å². The summed E-state index contributed by atoms with van der Waals surface area (Å²) in [6, 6.07) is 7.03. The van der Waals surface area contributed by atoms with E-state index in [1.807, 2.05) is 38.1 Å². The maximum Gasteiger partial charge on any atom is 0.253 e. The number of nitrogens with zero attached hydrogens (tertiary/aromatic N) is 4. The third kappa shape index (κ3) is 5.74. The van der Waals surface area contributed by atoms with Crippen LogP contribution in [0.2, 0.25) is 0 Å². The van der Waals surface area contributed by atoms with Crippen LogP contribution >= 0.6 is 0 Å². The molecule has 0 saturated carbocycles. The molecule has 236 valence electrons. The second-order valence-electron chi connectivity index (χ2n) is 12.2. The van der Waals surface area contributed by atoms with E-state index in [0.29, 0.717) is 45.3 Å². The highest BCUT2D eigenvalue weighted by atomic mass is 16.5. The lowest BCUT2D eigenvalue weighted by Gasteiger charge is -2.37. The van der Waals surface area contributed by atoms with Crippen LogP contribution in [0.1, 0.15) is 59.8 Å². The fourth-order valence-corrected chi connectivity index (χ4v) is 7.66. The van der Waals surface area contributed by atoms with Gasteiger partial charge in [0.25, 0.3) is 5.91 Å². The zero-order valence-corrected chi connectivity index (χ0v) is 26.5. The molecule has 3 aliphatic heterocycles. The van der Waals surface area contributed by atoms with Gasteiger partial charge in [-0.3, -0.25) is 14.4 Å². The molecule has 9 heteroatoms. The van der Waals surface area contributed by atoms with Crippen molar-refractivity contribution in [2.75, 3.05) is 55.7 Å². The summed E-state index contributed by atoms with van der Waals surface area (Å²) < 4.78 is 6.83. The molecule has 1 spiro atoms. The number of hydrogen-bond donors (Lipinski definition) is 1. The molecule has 0 aliphatic carbocycles. The topological polar surface area (TPSA) is 93.6 Å². The summed E-state index contributed by atoms with van der Waals surface area (Å²) in [7, 11) is 0. The van der Waals surface area contributed by atoms with E-state index in [9.17, 15) is 19.5 Å². The summed E-state index contributed by atoms with van der Waals surface area (Å²) in [6.07, 6.45) is 6.36. The Morgan fingerprint density at radius 2 is 1.67 bits per heavy atom. The molecule has 4 rings (SSSR count). The molecule has 9 nitrogen and oxygen atoms in total. The monoisotopic (exact) mass is 594 g/mol. The first kappa shape index (κ1) is 32.7. The van der Waals surface area contributed by atoms with Gasteiger partial charge in [0.2, 0.25) is 11.8 Å². The lowest BCUT2D eigenvalue weighted by Crippen LogP contribution is -2.56. The van der Waals surface area contributed by atoms with E-state index in [1.54, 1.807) is 26.9 Å². The highest BCUT2D eigenvalue weighted by Crippen LogP contribution is 2.63. The van der Waals surface area contributed by atoms with Crippen LogP contribution in [0, 0.1) is 11.8 Å². The molecule has 1 N–H and O–H groups in total. The highest BCUT2D eigenvalue weighted by molar-refractivity contribution is 6.05. The Labute approximate surface area is 257 Å². The number of ether oxygens (including phenoxy) is 1. The minimum absolute atomic E-state index is 0.0000956. The molecule has 43 heavy (non-hydrogen) atoms. The van der Waals surface area contributed by atoms with E-state index in [1.165, 1.54) is 0 Å². The first-order valence-electron chi connectivity index (χ1n) is 16.0. The van der Waals surface area contributed by atoms with Gasteiger partial charge in [-0.05, 0) is 77.1 Å². The number of amides is 3. The molecular weight excluding hydrogens is 544 g/mol. The van der Waals surface area contributed by atoms with E-state index >= 15 is 0 Å². The van der Waals surface area contributed by atoms with Crippen molar-refractivity contribution in [3.8, 4) is 0 Å². The van der Waals surface area contributed by atoms with Crippen molar-refractivity contribution in [1.29, 1.82) is 0 Å². The summed E-state index contributed by atoms with van der Waals surface area (Å²) in [5.74, 6) is -1.98. The number of benzene rings is 1. The van der Waals surface area contributed by atoms with Gasteiger partial charge in [-0.2, -0.15) is 0 Å². The number of aliphatic hydroxyl groups is 1. The van der Waals surface area contributed by atoms with Crippen LogP contribution in [-0.4, -0.2) is 95.7 Å². The first-order valence-corrected chi connectivity index (χ1v) is 16.0. The molecule has 3 amide bonds. The predicted molar refractivity (Wildman–Crippen MR) is 170 cm³/mol. The Hall–Kier alpha value is -3.17. The number of fused-ring (bicyclic) bond motifs is 1. The maximum atomic E-state index is 14.7. The second kappa shape index (κ2) is 13.6. The number of rotatable bonds is 16. The third-order valence-electron chi connectivity index (χ3n) is 9.61. The van der Waals surface area contributed by atoms with E-state index < -0.39 is 29.1 Å². The average Bonchev–Trinajstić information content (AvgIpc) is 3.57. The Balaban J connectivity index is 1.76. The average molecular weight is 595 g/mol. The molecule has 2 unspecified atom stereocenters. The van der Waals surface area contributed by atoms with Crippen molar-refractivity contribution in [2.24, 2.45) is 11.8 Å². The van der Waals surface area contributed by atoms with Gasteiger partial charge in [0, 0.05) is 57.3 Å². The summed E-state index contributed by atoms with van der Waals surface area (Å²) in [5, 5.41) is 9.48. The van der Waals surface area contributed by atoms with Crippen molar-refractivity contribution in [3.05, 3.63) is 49.6 Å². The molecule has 0 radical (unpaired) electrons. The largest absolute Gasteiger partial charge is 0.396 e. The standard InChI is InChI=1S/C34H50N4O5/c1-7-20-36(21-8-2)30(40)27-28-31(41)38(23-12-13-24-39)29(34(28)19-18-33(27,6)43-34)32(42)37(22-9-3)26-16-14-25(15-17-26)35(10-4)11-5/h7,9,14-17,27-29,39H,1,3,8,10-13,18-24H2,2,4-6H3/t27-,28+,29?,33+,34?/m1/s1. The maximum absolute atomic E-state index is 14.7. The quantitative estimate of drug-likeness (QED) is 0.230. The molecule has 0 aromatic heterocycles. The molecule has 3 fully saturated rings.